The monoisotopic (exact) mass is 391 g/mol. The Balaban J connectivity index is 1.96. The highest BCUT2D eigenvalue weighted by Crippen LogP contribution is 2.24. The minimum atomic E-state index is 0.104. The molecule has 4 nitrogen and oxygen atoms in total. The van der Waals surface area contributed by atoms with Crippen molar-refractivity contribution in [1.29, 1.82) is 0 Å². The molecule has 3 rings (SSSR count). The van der Waals surface area contributed by atoms with E-state index in [1.54, 1.807) is 36.0 Å². The number of halogens is 2. The van der Waals surface area contributed by atoms with Crippen molar-refractivity contribution < 1.29 is 5.11 Å². The van der Waals surface area contributed by atoms with Crippen LogP contribution in [0.25, 0.3) is 0 Å². The smallest absolute Gasteiger partial charge is 0.212 e. The van der Waals surface area contributed by atoms with Crippen molar-refractivity contribution in [2.45, 2.75) is 6.92 Å². The topological polar surface area (TPSA) is 49.9 Å². The minimum Gasteiger partial charge on any atom is -0.493 e. The molecule has 1 aromatic heterocycles. The van der Waals surface area contributed by atoms with Gasteiger partial charge in [-0.25, -0.2) is 4.99 Å². The van der Waals surface area contributed by atoms with Crippen LogP contribution in [0.15, 0.2) is 52.4 Å². The maximum absolute atomic E-state index is 10.3. The van der Waals surface area contributed by atoms with E-state index in [1.165, 1.54) is 11.3 Å². The van der Waals surface area contributed by atoms with Gasteiger partial charge in [-0.05, 0) is 42.8 Å². The predicted octanol–water partition coefficient (Wildman–Crippen LogP) is 5.39. The lowest BCUT2D eigenvalue weighted by molar-refractivity contribution is 0.428. The summed E-state index contributed by atoms with van der Waals surface area (Å²) in [5.74, 6) is 0.104. The molecule has 0 saturated heterocycles. The molecule has 2 aromatic carbocycles. The summed E-state index contributed by atoms with van der Waals surface area (Å²) in [6, 6.07) is 12.8. The quantitative estimate of drug-likeness (QED) is 0.597. The van der Waals surface area contributed by atoms with Crippen LogP contribution in [0.1, 0.15) is 10.4 Å². The molecule has 0 amide bonds. The van der Waals surface area contributed by atoms with Gasteiger partial charge in [0.2, 0.25) is 5.88 Å². The predicted molar refractivity (Wildman–Crippen MR) is 105 cm³/mol. The largest absolute Gasteiger partial charge is 0.493 e. The van der Waals surface area contributed by atoms with E-state index in [4.69, 9.17) is 23.2 Å². The van der Waals surface area contributed by atoms with E-state index in [9.17, 15) is 5.11 Å². The molecule has 0 aliphatic heterocycles. The van der Waals surface area contributed by atoms with Crippen LogP contribution in [0.4, 0.5) is 11.4 Å². The molecule has 0 atom stereocenters. The number of benzene rings is 2. The van der Waals surface area contributed by atoms with Gasteiger partial charge in [0.25, 0.3) is 0 Å². The molecule has 25 heavy (non-hydrogen) atoms. The van der Waals surface area contributed by atoms with Crippen molar-refractivity contribution in [3.8, 4) is 5.88 Å². The summed E-state index contributed by atoms with van der Waals surface area (Å²) in [6.45, 7) is 1.94. The van der Waals surface area contributed by atoms with E-state index in [2.05, 4.69) is 9.98 Å². The fourth-order valence-corrected chi connectivity index (χ4v) is 3.37. The van der Waals surface area contributed by atoms with Crippen LogP contribution in [-0.2, 0) is 7.05 Å². The van der Waals surface area contributed by atoms with Crippen molar-refractivity contribution in [2.75, 3.05) is 0 Å². The van der Waals surface area contributed by atoms with Crippen LogP contribution in [0.5, 0.6) is 5.88 Å². The fraction of sp³-hybridized carbons (Fsp3) is 0.111. The van der Waals surface area contributed by atoms with Gasteiger partial charge in [0.15, 0.2) is 4.80 Å². The number of aromatic hydroxyl groups is 1. The third-order valence-corrected chi connectivity index (χ3v) is 5.24. The van der Waals surface area contributed by atoms with Crippen molar-refractivity contribution in [3.05, 3.63) is 67.8 Å². The molecule has 0 unspecified atom stereocenters. The number of hydrogen-bond donors (Lipinski definition) is 1. The van der Waals surface area contributed by atoms with Crippen LogP contribution >= 0.6 is 34.5 Å². The van der Waals surface area contributed by atoms with Crippen molar-refractivity contribution in [2.24, 2.45) is 17.0 Å². The first-order chi connectivity index (χ1) is 11.9. The Morgan fingerprint density at radius 3 is 2.64 bits per heavy atom. The molecular weight excluding hydrogens is 377 g/mol. The lowest BCUT2D eigenvalue weighted by Gasteiger charge is -1.98. The Morgan fingerprint density at radius 1 is 1.12 bits per heavy atom. The van der Waals surface area contributed by atoms with Gasteiger partial charge in [-0.15, -0.1) is 0 Å². The highest BCUT2D eigenvalue weighted by Gasteiger charge is 2.08. The van der Waals surface area contributed by atoms with E-state index in [1.807, 2.05) is 31.2 Å². The second-order valence-electron chi connectivity index (χ2n) is 5.41. The van der Waals surface area contributed by atoms with Gasteiger partial charge >= 0.3 is 0 Å². The zero-order valence-electron chi connectivity index (χ0n) is 13.6. The molecule has 0 saturated carbocycles. The molecule has 3 aromatic rings. The number of aliphatic imine (C=N–C) groups is 1. The van der Waals surface area contributed by atoms with E-state index < -0.39 is 0 Å². The Labute approximate surface area is 159 Å². The van der Waals surface area contributed by atoms with Crippen molar-refractivity contribution >= 4 is 52.1 Å². The highest BCUT2D eigenvalue weighted by atomic mass is 35.5. The summed E-state index contributed by atoms with van der Waals surface area (Å²) >= 11 is 13.4. The summed E-state index contributed by atoms with van der Waals surface area (Å²) < 4.78 is 1.61. The lowest BCUT2D eigenvalue weighted by atomic mass is 10.2. The molecule has 0 radical (unpaired) electrons. The Morgan fingerprint density at radius 2 is 1.92 bits per heavy atom. The van der Waals surface area contributed by atoms with Gasteiger partial charge in [-0.2, -0.15) is 0 Å². The third kappa shape index (κ3) is 4.12. The van der Waals surface area contributed by atoms with E-state index in [0.717, 1.165) is 16.9 Å². The van der Waals surface area contributed by atoms with E-state index in [0.29, 0.717) is 19.7 Å². The standard InChI is InChI=1S/C18H15Cl2N3OS/c1-11-6-7-13(9-15(11)20)21-10-16-17(24)23(2)18(25-16)22-14-5-3-4-12(19)8-14/h3-10,24H,1-2H3. The van der Waals surface area contributed by atoms with Crippen LogP contribution in [0.2, 0.25) is 10.0 Å². The Hall–Kier alpha value is -2.08. The molecule has 0 aliphatic rings. The molecule has 0 spiro atoms. The summed E-state index contributed by atoms with van der Waals surface area (Å²) in [7, 11) is 1.75. The second-order valence-corrected chi connectivity index (χ2v) is 7.27. The Kier molecular flexibility index (Phi) is 5.27. The first kappa shape index (κ1) is 17.7. The third-order valence-electron chi connectivity index (χ3n) is 3.55. The van der Waals surface area contributed by atoms with Gasteiger partial charge in [-0.1, -0.05) is 46.7 Å². The molecule has 0 fully saturated rings. The summed E-state index contributed by atoms with van der Waals surface area (Å²) in [5.41, 5.74) is 2.44. The lowest BCUT2D eigenvalue weighted by Crippen LogP contribution is -2.08. The molecule has 7 heteroatoms. The average molecular weight is 392 g/mol. The number of aryl methyl sites for hydroxylation is 1. The van der Waals surface area contributed by atoms with Crippen LogP contribution in [0.3, 0.4) is 0 Å². The zero-order valence-corrected chi connectivity index (χ0v) is 15.9. The van der Waals surface area contributed by atoms with Crippen LogP contribution in [0, 0.1) is 6.92 Å². The number of hydrogen-bond acceptors (Lipinski definition) is 4. The molecule has 1 heterocycles. The maximum atomic E-state index is 10.3. The number of aromatic nitrogens is 1. The second kappa shape index (κ2) is 7.44. The summed E-state index contributed by atoms with van der Waals surface area (Å²) in [6.07, 6.45) is 1.61. The fourth-order valence-electron chi connectivity index (χ4n) is 2.10. The van der Waals surface area contributed by atoms with Gasteiger partial charge < -0.3 is 5.11 Å². The SMILES string of the molecule is Cc1ccc(N=Cc2sc(=Nc3cccc(Cl)c3)n(C)c2O)cc1Cl. The number of nitrogens with zero attached hydrogens (tertiary/aromatic N) is 3. The first-order valence-corrected chi connectivity index (χ1v) is 9.00. The Bertz CT molecular complexity index is 1020. The van der Waals surface area contributed by atoms with Crippen LogP contribution < -0.4 is 4.80 Å². The minimum absolute atomic E-state index is 0.104. The summed E-state index contributed by atoms with van der Waals surface area (Å²) in [4.78, 5) is 10.2. The molecule has 128 valence electrons. The van der Waals surface area contributed by atoms with Gasteiger partial charge in [0.1, 0.15) is 4.88 Å². The first-order valence-electron chi connectivity index (χ1n) is 7.43. The zero-order chi connectivity index (χ0) is 18.0. The van der Waals surface area contributed by atoms with Crippen LogP contribution in [-0.4, -0.2) is 15.9 Å². The molecule has 0 aliphatic carbocycles. The number of rotatable bonds is 3. The van der Waals surface area contributed by atoms with Gasteiger partial charge in [0, 0.05) is 17.1 Å². The van der Waals surface area contributed by atoms with E-state index >= 15 is 0 Å². The van der Waals surface area contributed by atoms with Gasteiger partial charge in [-0.3, -0.25) is 9.56 Å². The van der Waals surface area contributed by atoms with E-state index in [-0.39, 0.29) is 5.88 Å². The number of thiazole rings is 1. The van der Waals surface area contributed by atoms with Gasteiger partial charge in [0.05, 0.1) is 17.6 Å². The van der Waals surface area contributed by atoms with Crippen molar-refractivity contribution in [1.82, 2.24) is 4.57 Å². The normalized spacial score (nSPS) is 12.2. The molecular formula is C18H15Cl2N3OS. The maximum Gasteiger partial charge on any atom is 0.212 e. The summed E-state index contributed by atoms with van der Waals surface area (Å²) in [5, 5.41) is 11.6. The highest BCUT2D eigenvalue weighted by molar-refractivity contribution is 7.11. The average Bonchev–Trinajstić information content (AvgIpc) is 2.84. The molecule has 1 N–H and O–H groups in total. The van der Waals surface area contributed by atoms with Crippen molar-refractivity contribution in [3.63, 3.8) is 0 Å². The molecule has 0 bridgehead atoms.